The van der Waals surface area contributed by atoms with Gasteiger partial charge in [-0.15, -0.1) is 0 Å². The fraction of sp³-hybridized carbons (Fsp3) is 0.412. The van der Waals surface area contributed by atoms with Crippen LogP contribution in [0, 0.1) is 5.92 Å². The molecule has 0 aliphatic carbocycles. The molecule has 5 nitrogen and oxygen atoms in total. The number of carbonyl (C=O) groups is 1. The third-order valence-electron chi connectivity index (χ3n) is 3.77. The lowest BCUT2D eigenvalue weighted by Crippen LogP contribution is -2.43. The number of hydrogen-bond acceptors (Lipinski definition) is 2. The lowest BCUT2D eigenvalue weighted by Gasteiger charge is -2.22. The second-order valence-electron chi connectivity index (χ2n) is 5.97. The molecule has 118 valence electrons. The third-order valence-corrected chi connectivity index (χ3v) is 3.77. The van der Waals surface area contributed by atoms with Gasteiger partial charge in [0.2, 0.25) is 0 Å². The second-order valence-corrected chi connectivity index (χ2v) is 5.97. The summed E-state index contributed by atoms with van der Waals surface area (Å²) in [6.45, 7) is 6.73. The van der Waals surface area contributed by atoms with E-state index in [1.54, 1.807) is 18.1 Å². The predicted octanol–water partition coefficient (Wildman–Crippen LogP) is 3.06. The minimum Gasteiger partial charge on any atom is -0.335 e. The Morgan fingerprint density at radius 3 is 2.59 bits per heavy atom. The van der Waals surface area contributed by atoms with Gasteiger partial charge in [-0.2, -0.15) is 5.10 Å². The van der Waals surface area contributed by atoms with Crippen LogP contribution in [0.5, 0.6) is 0 Å². The van der Waals surface area contributed by atoms with Gasteiger partial charge >= 0.3 is 6.03 Å². The van der Waals surface area contributed by atoms with Crippen molar-refractivity contribution in [1.29, 1.82) is 0 Å². The number of benzene rings is 1. The normalized spacial score (nSPS) is 12.2. The SMILES string of the molecule is CC(C)C(C)NC(=O)N(C)Cc1cnn(-c2ccccc2)c1. The Hall–Kier alpha value is -2.30. The lowest BCUT2D eigenvalue weighted by atomic mass is 10.1. The maximum atomic E-state index is 12.1. The van der Waals surface area contributed by atoms with Gasteiger partial charge in [-0.1, -0.05) is 32.0 Å². The first-order valence-electron chi connectivity index (χ1n) is 7.58. The van der Waals surface area contributed by atoms with Crippen molar-refractivity contribution in [1.82, 2.24) is 20.0 Å². The smallest absolute Gasteiger partial charge is 0.317 e. The fourth-order valence-corrected chi connectivity index (χ4v) is 1.98. The Morgan fingerprint density at radius 1 is 1.27 bits per heavy atom. The van der Waals surface area contributed by atoms with Gasteiger partial charge in [0.1, 0.15) is 0 Å². The molecule has 1 atom stereocenters. The molecule has 1 heterocycles. The molecular formula is C17H24N4O. The molecule has 0 aliphatic heterocycles. The molecule has 0 radical (unpaired) electrons. The first-order valence-corrected chi connectivity index (χ1v) is 7.58. The fourth-order valence-electron chi connectivity index (χ4n) is 1.98. The third kappa shape index (κ3) is 4.10. The maximum Gasteiger partial charge on any atom is 0.317 e. The van der Waals surface area contributed by atoms with Crippen LogP contribution in [0.15, 0.2) is 42.7 Å². The van der Waals surface area contributed by atoms with Gasteiger partial charge in [0, 0.05) is 24.8 Å². The topological polar surface area (TPSA) is 50.2 Å². The number of nitrogens with zero attached hydrogens (tertiary/aromatic N) is 3. The largest absolute Gasteiger partial charge is 0.335 e. The van der Waals surface area contributed by atoms with E-state index in [1.807, 2.05) is 48.1 Å². The Labute approximate surface area is 131 Å². The molecule has 0 saturated heterocycles. The van der Waals surface area contributed by atoms with E-state index in [0.29, 0.717) is 12.5 Å². The van der Waals surface area contributed by atoms with E-state index in [4.69, 9.17) is 0 Å². The van der Waals surface area contributed by atoms with Crippen LogP contribution in [0.2, 0.25) is 0 Å². The summed E-state index contributed by atoms with van der Waals surface area (Å²) in [5.74, 6) is 0.415. The summed E-state index contributed by atoms with van der Waals surface area (Å²) in [5.41, 5.74) is 2.01. The minimum absolute atomic E-state index is 0.0614. The van der Waals surface area contributed by atoms with E-state index in [0.717, 1.165) is 11.3 Å². The zero-order valence-corrected chi connectivity index (χ0v) is 13.7. The molecule has 1 aromatic carbocycles. The maximum absolute atomic E-state index is 12.1. The standard InChI is InChI=1S/C17H24N4O/c1-13(2)14(3)19-17(22)20(4)11-15-10-18-21(12-15)16-8-6-5-7-9-16/h5-10,12-14H,11H2,1-4H3,(H,19,22). The summed E-state index contributed by atoms with van der Waals surface area (Å²) >= 11 is 0. The molecule has 1 N–H and O–H groups in total. The van der Waals surface area contributed by atoms with Crippen molar-refractivity contribution >= 4 is 6.03 Å². The first-order chi connectivity index (χ1) is 10.5. The molecule has 0 spiro atoms. The summed E-state index contributed by atoms with van der Waals surface area (Å²) in [6, 6.07) is 10.0. The highest BCUT2D eigenvalue weighted by molar-refractivity contribution is 5.74. The summed E-state index contributed by atoms with van der Waals surface area (Å²) in [7, 11) is 1.79. The number of amides is 2. The van der Waals surface area contributed by atoms with Gasteiger partial charge in [0.05, 0.1) is 18.4 Å². The number of carbonyl (C=O) groups excluding carboxylic acids is 1. The number of rotatable bonds is 5. The Kier molecular flexibility index (Phi) is 5.20. The molecule has 2 aromatic rings. The summed E-state index contributed by atoms with van der Waals surface area (Å²) in [5, 5.41) is 7.34. The Morgan fingerprint density at radius 2 is 1.95 bits per heavy atom. The molecule has 0 fully saturated rings. The zero-order chi connectivity index (χ0) is 16.1. The van der Waals surface area contributed by atoms with Crippen molar-refractivity contribution in [2.75, 3.05) is 7.05 Å². The lowest BCUT2D eigenvalue weighted by molar-refractivity contribution is 0.200. The van der Waals surface area contributed by atoms with E-state index < -0.39 is 0 Å². The molecule has 0 bridgehead atoms. The van der Waals surface area contributed by atoms with Gasteiger partial charge in [0.15, 0.2) is 0 Å². The zero-order valence-electron chi connectivity index (χ0n) is 13.7. The molecule has 0 aliphatic rings. The number of para-hydroxylation sites is 1. The summed E-state index contributed by atoms with van der Waals surface area (Å²) in [4.78, 5) is 13.8. The van der Waals surface area contributed by atoms with Crippen LogP contribution in [-0.4, -0.2) is 33.8 Å². The highest BCUT2D eigenvalue weighted by Gasteiger charge is 2.15. The molecule has 1 unspecified atom stereocenters. The highest BCUT2D eigenvalue weighted by Crippen LogP contribution is 2.09. The van der Waals surface area contributed by atoms with Crippen LogP contribution in [0.3, 0.4) is 0 Å². The van der Waals surface area contributed by atoms with Gasteiger partial charge in [-0.05, 0) is 25.0 Å². The summed E-state index contributed by atoms with van der Waals surface area (Å²) < 4.78 is 1.82. The Balaban J connectivity index is 1.96. The average molecular weight is 300 g/mol. The highest BCUT2D eigenvalue weighted by atomic mass is 16.2. The van der Waals surface area contributed by atoms with Crippen LogP contribution in [0.1, 0.15) is 26.3 Å². The molecule has 5 heteroatoms. The van der Waals surface area contributed by atoms with E-state index in [1.165, 1.54) is 0 Å². The van der Waals surface area contributed by atoms with Crippen LogP contribution in [0.25, 0.3) is 5.69 Å². The average Bonchev–Trinajstić information content (AvgIpc) is 2.96. The van der Waals surface area contributed by atoms with Gasteiger partial charge < -0.3 is 10.2 Å². The quantitative estimate of drug-likeness (QED) is 0.922. The molecule has 0 saturated carbocycles. The predicted molar refractivity (Wildman–Crippen MR) is 87.9 cm³/mol. The van der Waals surface area contributed by atoms with Gasteiger partial charge in [0.25, 0.3) is 0 Å². The van der Waals surface area contributed by atoms with Crippen molar-refractivity contribution < 1.29 is 4.79 Å². The van der Waals surface area contributed by atoms with Crippen molar-refractivity contribution in [3.8, 4) is 5.69 Å². The monoisotopic (exact) mass is 300 g/mol. The van der Waals surface area contributed by atoms with Gasteiger partial charge in [-0.3, -0.25) is 0 Å². The van der Waals surface area contributed by atoms with Crippen molar-refractivity contribution in [3.05, 3.63) is 48.3 Å². The van der Waals surface area contributed by atoms with E-state index in [-0.39, 0.29) is 12.1 Å². The van der Waals surface area contributed by atoms with E-state index >= 15 is 0 Å². The van der Waals surface area contributed by atoms with Crippen molar-refractivity contribution in [2.45, 2.75) is 33.4 Å². The molecule has 1 aromatic heterocycles. The van der Waals surface area contributed by atoms with E-state index in [9.17, 15) is 4.79 Å². The first kappa shape index (κ1) is 16.1. The molecule has 2 rings (SSSR count). The van der Waals surface area contributed by atoms with Crippen LogP contribution < -0.4 is 5.32 Å². The molecule has 2 amide bonds. The van der Waals surface area contributed by atoms with Crippen molar-refractivity contribution in [2.24, 2.45) is 5.92 Å². The number of aromatic nitrogens is 2. The summed E-state index contributed by atoms with van der Waals surface area (Å²) in [6.07, 6.45) is 3.74. The second kappa shape index (κ2) is 7.11. The number of hydrogen-bond donors (Lipinski definition) is 1. The van der Waals surface area contributed by atoms with Crippen LogP contribution in [0.4, 0.5) is 4.79 Å². The van der Waals surface area contributed by atoms with Crippen LogP contribution >= 0.6 is 0 Å². The number of urea groups is 1. The molecular weight excluding hydrogens is 276 g/mol. The van der Waals surface area contributed by atoms with Crippen LogP contribution in [-0.2, 0) is 6.54 Å². The molecule has 22 heavy (non-hydrogen) atoms. The number of nitrogens with one attached hydrogen (secondary N) is 1. The Bertz CT molecular complexity index is 606. The minimum atomic E-state index is -0.0614. The van der Waals surface area contributed by atoms with Crippen molar-refractivity contribution in [3.63, 3.8) is 0 Å². The van der Waals surface area contributed by atoms with E-state index in [2.05, 4.69) is 24.3 Å². The van der Waals surface area contributed by atoms with Gasteiger partial charge in [-0.25, -0.2) is 9.48 Å².